The van der Waals surface area contributed by atoms with E-state index < -0.39 is 11.6 Å². The number of rotatable bonds is 4. The topological polar surface area (TPSA) is 46.1 Å². The van der Waals surface area contributed by atoms with Gasteiger partial charge in [0, 0.05) is 13.1 Å². The quantitative estimate of drug-likeness (QED) is 0.871. The van der Waals surface area contributed by atoms with Crippen LogP contribution in [0.5, 0.6) is 0 Å². The molecule has 0 aliphatic carbocycles. The fourth-order valence-electron chi connectivity index (χ4n) is 1.78. The van der Waals surface area contributed by atoms with Crippen molar-refractivity contribution >= 4 is 17.5 Å². The first-order chi connectivity index (χ1) is 10.0. The molecule has 1 aromatic heterocycles. The molecule has 0 saturated carbocycles. The highest BCUT2D eigenvalue weighted by molar-refractivity contribution is 6.29. The third-order valence-electron chi connectivity index (χ3n) is 2.88. The molecule has 21 heavy (non-hydrogen) atoms. The summed E-state index contributed by atoms with van der Waals surface area (Å²) in [5.74, 6) is -2.22. The summed E-state index contributed by atoms with van der Waals surface area (Å²) < 4.78 is 26.1. The second kappa shape index (κ2) is 6.58. The van der Waals surface area contributed by atoms with Gasteiger partial charge in [0.2, 0.25) is 0 Å². The molecule has 2 rings (SSSR count). The highest BCUT2D eigenvalue weighted by Gasteiger charge is 2.17. The van der Waals surface area contributed by atoms with Crippen LogP contribution in [0, 0.1) is 11.6 Å². The van der Waals surface area contributed by atoms with Gasteiger partial charge in [-0.2, -0.15) is 0 Å². The molecular weight excluding hydrogens is 300 g/mol. The number of amides is 1. The zero-order valence-electron chi connectivity index (χ0n) is 11.2. The van der Waals surface area contributed by atoms with E-state index in [0.29, 0.717) is 12.1 Å². The molecule has 110 valence electrons. The van der Waals surface area contributed by atoms with E-state index in [0.717, 1.165) is 12.1 Å². The summed E-state index contributed by atoms with van der Waals surface area (Å²) in [7, 11) is 0. The highest BCUT2D eigenvalue weighted by atomic mass is 35.5. The second-order valence-corrected chi connectivity index (χ2v) is 4.70. The molecule has 0 bridgehead atoms. The Morgan fingerprint density at radius 1 is 1.19 bits per heavy atom. The van der Waals surface area contributed by atoms with E-state index in [2.05, 4.69) is 10.2 Å². The minimum absolute atomic E-state index is 0.142. The van der Waals surface area contributed by atoms with Gasteiger partial charge < -0.3 is 4.90 Å². The Balaban J connectivity index is 2.17. The maximum absolute atomic E-state index is 13.2. The Kier molecular flexibility index (Phi) is 4.80. The number of carbonyl (C=O) groups excluding carboxylic acids is 1. The standard InChI is InChI=1S/C14H12ClF2N3O/c1-2-20(8-9-3-4-10(16)11(17)7-9)14(21)12-5-6-13(15)19-18-12/h3-7H,2,8H2,1H3. The summed E-state index contributed by atoms with van der Waals surface area (Å²) in [6.45, 7) is 2.32. The molecule has 0 radical (unpaired) electrons. The molecule has 0 aliphatic heterocycles. The maximum Gasteiger partial charge on any atom is 0.274 e. The number of benzene rings is 1. The van der Waals surface area contributed by atoms with Crippen LogP contribution in [0.4, 0.5) is 8.78 Å². The van der Waals surface area contributed by atoms with Gasteiger partial charge in [-0.3, -0.25) is 4.79 Å². The fraction of sp³-hybridized carbons (Fsp3) is 0.214. The van der Waals surface area contributed by atoms with E-state index in [1.807, 2.05) is 0 Å². The van der Waals surface area contributed by atoms with Gasteiger partial charge in [-0.15, -0.1) is 10.2 Å². The second-order valence-electron chi connectivity index (χ2n) is 4.31. The normalized spacial score (nSPS) is 10.5. The Labute approximate surface area is 125 Å². The van der Waals surface area contributed by atoms with E-state index in [1.165, 1.54) is 23.1 Å². The average Bonchev–Trinajstić information content (AvgIpc) is 2.48. The monoisotopic (exact) mass is 311 g/mol. The van der Waals surface area contributed by atoms with Crippen molar-refractivity contribution < 1.29 is 13.6 Å². The van der Waals surface area contributed by atoms with Gasteiger partial charge >= 0.3 is 0 Å². The van der Waals surface area contributed by atoms with Crippen LogP contribution in [0.3, 0.4) is 0 Å². The molecule has 0 atom stereocenters. The highest BCUT2D eigenvalue weighted by Crippen LogP contribution is 2.13. The van der Waals surface area contributed by atoms with E-state index in [4.69, 9.17) is 11.6 Å². The van der Waals surface area contributed by atoms with Gasteiger partial charge in [0.25, 0.3) is 5.91 Å². The minimum atomic E-state index is -0.942. The molecular formula is C14H12ClF2N3O. The lowest BCUT2D eigenvalue weighted by Gasteiger charge is -2.20. The summed E-state index contributed by atoms with van der Waals surface area (Å²) >= 11 is 5.62. The number of carbonyl (C=O) groups is 1. The third-order valence-corrected chi connectivity index (χ3v) is 3.08. The van der Waals surface area contributed by atoms with Crippen molar-refractivity contribution in [2.75, 3.05) is 6.54 Å². The van der Waals surface area contributed by atoms with E-state index in [9.17, 15) is 13.6 Å². The van der Waals surface area contributed by atoms with Crippen molar-refractivity contribution in [3.05, 3.63) is 58.4 Å². The Hall–Kier alpha value is -2.08. The van der Waals surface area contributed by atoms with Gasteiger partial charge in [0.05, 0.1) is 0 Å². The van der Waals surface area contributed by atoms with E-state index >= 15 is 0 Å². The summed E-state index contributed by atoms with van der Waals surface area (Å²) in [5.41, 5.74) is 0.634. The maximum atomic E-state index is 13.2. The van der Waals surface area contributed by atoms with Crippen LogP contribution in [0.15, 0.2) is 30.3 Å². The molecule has 0 fully saturated rings. The smallest absolute Gasteiger partial charge is 0.274 e. The summed E-state index contributed by atoms with van der Waals surface area (Å²) in [4.78, 5) is 13.7. The first-order valence-electron chi connectivity index (χ1n) is 6.23. The van der Waals surface area contributed by atoms with Crippen LogP contribution in [0.25, 0.3) is 0 Å². The SMILES string of the molecule is CCN(Cc1ccc(F)c(F)c1)C(=O)c1ccc(Cl)nn1. The average molecular weight is 312 g/mol. The molecule has 7 heteroatoms. The molecule has 0 N–H and O–H groups in total. The fourth-order valence-corrected chi connectivity index (χ4v) is 1.88. The van der Waals surface area contributed by atoms with Crippen molar-refractivity contribution in [3.8, 4) is 0 Å². The lowest BCUT2D eigenvalue weighted by Crippen LogP contribution is -2.31. The van der Waals surface area contributed by atoms with Crippen LogP contribution in [-0.4, -0.2) is 27.5 Å². The number of hydrogen-bond acceptors (Lipinski definition) is 3. The van der Waals surface area contributed by atoms with Gasteiger partial charge in [-0.05, 0) is 36.8 Å². The van der Waals surface area contributed by atoms with Gasteiger partial charge in [-0.25, -0.2) is 8.78 Å². The molecule has 1 amide bonds. The number of nitrogens with zero attached hydrogens (tertiary/aromatic N) is 3. The Morgan fingerprint density at radius 3 is 2.52 bits per heavy atom. The van der Waals surface area contributed by atoms with Crippen LogP contribution in [0.2, 0.25) is 5.15 Å². The van der Waals surface area contributed by atoms with Crippen LogP contribution in [0.1, 0.15) is 23.0 Å². The summed E-state index contributed by atoms with van der Waals surface area (Å²) in [5, 5.41) is 7.51. The minimum Gasteiger partial charge on any atom is -0.333 e. The summed E-state index contributed by atoms with van der Waals surface area (Å²) in [6.07, 6.45) is 0. The van der Waals surface area contributed by atoms with Gasteiger partial charge in [-0.1, -0.05) is 17.7 Å². The van der Waals surface area contributed by atoms with Crippen LogP contribution >= 0.6 is 11.6 Å². The molecule has 4 nitrogen and oxygen atoms in total. The van der Waals surface area contributed by atoms with Crippen LogP contribution < -0.4 is 0 Å². The molecule has 0 spiro atoms. The molecule has 0 aliphatic rings. The van der Waals surface area contributed by atoms with Crippen molar-refractivity contribution in [3.63, 3.8) is 0 Å². The zero-order chi connectivity index (χ0) is 15.4. The van der Waals surface area contributed by atoms with Crippen molar-refractivity contribution in [2.24, 2.45) is 0 Å². The number of hydrogen-bond donors (Lipinski definition) is 0. The molecule has 0 unspecified atom stereocenters. The molecule has 2 aromatic rings. The third kappa shape index (κ3) is 3.72. The molecule has 0 saturated heterocycles. The number of aromatic nitrogens is 2. The predicted molar refractivity (Wildman–Crippen MR) is 73.8 cm³/mol. The van der Waals surface area contributed by atoms with Crippen molar-refractivity contribution in [1.82, 2.24) is 15.1 Å². The number of halogens is 3. The first kappa shape index (κ1) is 15.3. The Morgan fingerprint density at radius 2 is 1.95 bits per heavy atom. The lowest BCUT2D eigenvalue weighted by molar-refractivity contribution is 0.0745. The molecule has 1 aromatic carbocycles. The predicted octanol–water partition coefficient (Wildman–Crippen LogP) is 3.07. The largest absolute Gasteiger partial charge is 0.333 e. The zero-order valence-corrected chi connectivity index (χ0v) is 11.9. The lowest BCUT2D eigenvalue weighted by atomic mass is 10.2. The van der Waals surface area contributed by atoms with Crippen molar-refractivity contribution in [1.29, 1.82) is 0 Å². The van der Waals surface area contributed by atoms with E-state index in [1.54, 1.807) is 6.92 Å². The van der Waals surface area contributed by atoms with Gasteiger partial charge in [0.15, 0.2) is 22.5 Å². The summed E-state index contributed by atoms with van der Waals surface area (Å²) in [6, 6.07) is 6.46. The van der Waals surface area contributed by atoms with Crippen molar-refractivity contribution in [2.45, 2.75) is 13.5 Å². The molecule has 1 heterocycles. The van der Waals surface area contributed by atoms with Crippen LogP contribution in [-0.2, 0) is 6.54 Å². The Bertz CT molecular complexity index is 649. The first-order valence-corrected chi connectivity index (χ1v) is 6.61. The van der Waals surface area contributed by atoms with Gasteiger partial charge in [0.1, 0.15) is 0 Å². The van der Waals surface area contributed by atoms with E-state index in [-0.39, 0.29) is 23.3 Å².